The molecule has 256 valence electrons. The Bertz CT molecular complexity index is 2420. The number of carbonyl (C=O) groups excluding carboxylic acids is 2. The van der Waals surface area contributed by atoms with Gasteiger partial charge in [0, 0.05) is 28.5 Å². The Balaban J connectivity index is 1.15. The topological polar surface area (TPSA) is 107 Å². The zero-order valence-electron chi connectivity index (χ0n) is 29.3. The molecule has 5 aromatic rings. The van der Waals surface area contributed by atoms with Gasteiger partial charge in [0.1, 0.15) is 0 Å². The Labute approximate surface area is 301 Å². The number of hydrogen-bond donors (Lipinski definition) is 0. The number of ether oxygens (including phenoxy) is 2. The highest BCUT2D eigenvalue weighted by Gasteiger charge is 2.62. The molecule has 0 saturated carbocycles. The van der Waals surface area contributed by atoms with Crippen molar-refractivity contribution in [3.63, 3.8) is 0 Å². The summed E-state index contributed by atoms with van der Waals surface area (Å²) in [6.45, 7) is 6.53. The minimum atomic E-state index is -1.12. The van der Waals surface area contributed by atoms with Crippen LogP contribution in [0.4, 0.5) is 0 Å². The average molecular weight is 687 g/mol. The summed E-state index contributed by atoms with van der Waals surface area (Å²) in [7, 11) is 2.60. The number of aromatic nitrogens is 2. The van der Waals surface area contributed by atoms with Gasteiger partial charge in [-0.25, -0.2) is 14.6 Å². The van der Waals surface area contributed by atoms with E-state index in [0.717, 1.165) is 44.5 Å². The molecule has 1 spiro atoms. The monoisotopic (exact) mass is 686 g/mol. The smallest absolute Gasteiger partial charge is 0.356 e. The number of methoxy groups -OCH3 is 2. The van der Waals surface area contributed by atoms with Crippen LogP contribution in [0.2, 0.25) is 0 Å². The second-order valence-corrected chi connectivity index (χ2v) is 13.8. The lowest BCUT2D eigenvalue weighted by Gasteiger charge is -2.36. The van der Waals surface area contributed by atoms with Gasteiger partial charge in [-0.15, -0.1) is 10.2 Å². The first-order chi connectivity index (χ1) is 25.1. The number of carbonyl (C=O) groups is 2. The molecule has 8 rings (SSSR count). The van der Waals surface area contributed by atoms with E-state index in [1.165, 1.54) is 19.8 Å². The van der Waals surface area contributed by atoms with Crippen LogP contribution >= 0.6 is 0 Å². The molecule has 1 aliphatic carbocycles. The lowest BCUT2D eigenvalue weighted by Crippen LogP contribution is -2.44. The summed E-state index contributed by atoms with van der Waals surface area (Å²) in [5.41, 5.74) is 7.14. The highest BCUT2D eigenvalue weighted by atomic mass is 16.5. The maximum atomic E-state index is 13.8. The number of hydrogen-bond acceptors (Lipinski definition) is 9. The molecule has 0 bridgehead atoms. The highest BCUT2D eigenvalue weighted by molar-refractivity contribution is 6.07. The van der Waals surface area contributed by atoms with E-state index in [0.29, 0.717) is 11.8 Å². The van der Waals surface area contributed by atoms with Crippen LogP contribution in [-0.2, 0) is 29.9 Å². The molecular formula is C43H34N4O5. The van der Waals surface area contributed by atoms with Crippen LogP contribution in [0.25, 0.3) is 34.0 Å². The molecule has 2 unspecified atom stereocenters. The predicted octanol–water partition coefficient (Wildman–Crippen LogP) is 7.21. The summed E-state index contributed by atoms with van der Waals surface area (Å²) < 4.78 is 16.6. The van der Waals surface area contributed by atoms with Gasteiger partial charge in [-0.3, -0.25) is 0 Å². The maximum absolute atomic E-state index is 13.8. The highest BCUT2D eigenvalue weighted by Crippen LogP contribution is 2.60. The van der Waals surface area contributed by atoms with E-state index in [9.17, 15) is 9.59 Å². The lowest BCUT2D eigenvalue weighted by molar-refractivity contribution is -0.140. The van der Waals surface area contributed by atoms with Crippen molar-refractivity contribution in [2.45, 2.75) is 37.6 Å². The molecular weight excluding hydrogens is 652 g/mol. The second-order valence-electron chi connectivity index (χ2n) is 13.8. The number of esters is 2. The van der Waals surface area contributed by atoms with Crippen LogP contribution in [0.1, 0.15) is 48.6 Å². The third-order valence-electron chi connectivity index (χ3n) is 9.90. The summed E-state index contributed by atoms with van der Waals surface area (Å²) in [4.78, 5) is 27.1. The van der Waals surface area contributed by atoms with Gasteiger partial charge in [0.15, 0.2) is 5.70 Å². The molecule has 52 heavy (non-hydrogen) atoms. The van der Waals surface area contributed by atoms with E-state index in [1.807, 2.05) is 91.0 Å². The zero-order chi connectivity index (χ0) is 36.2. The number of rotatable bonds is 4. The largest absolute Gasteiger partial charge is 0.466 e. The predicted molar refractivity (Wildman–Crippen MR) is 197 cm³/mol. The van der Waals surface area contributed by atoms with Crippen molar-refractivity contribution >= 4 is 18.2 Å². The SMILES string of the molecule is COC(=O)C1=C(C(=O)OC)C2(c3ccccc3-c3ccc(C#Cc4ccc(-c5nnc(-c6ccc(C(C)(C)C)cc6)o5)cc4)cc32)C2C=CC=NN12. The molecule has 9 heteroatoms. The molecule has 0 amide bonds. The standard InChI is InChI=1S/C43H34N4O5/c1-42(2,3)30-21-19-29(20-22-30)39-46-45-38(52-39)28-17-14-26(15-18-28)12-13-27-16-23-32-31-9-6-7-10-33(31)43(34(32)25-27)35-11-8-24-44-47(35)37(41(49)51-5)36(43)40(48)50-4/h6-11,14-25,35H,1-5H3. The zero-order valence-corrected chi connectivity index (χ0v) is 29.3. The third kappa shape index (κ3) is 5.06. The van der Waals surface area contributed by atoms with Crippen LogP contribution in [-0.4, -0.2) is 53.6 Å². The van der Waals surface area contributed by atoms with Crippen LogP contribution in [0, 0.1) is 11.8 Å². The fourth-order valence-electron chi connectivity index (χ4n) is 7.43. The first kappa shape index (κ1) is 32.7. The number of nitrogens with zero attached hydrogens (tertiary/aromatic N) is 4. The fraction of sp³-hybridized carbons (Fsp3) is 0.186. The van der Waals surface area contributed by atoms with E-state index in [4.69, 9.17) is 13.9 Å². The van der Waals surface area contributed by atoms with Crippen LogP contribution < -0.4 is 0 Å². The molecule has 9 nitrogen and oxygen atoms in total. The third-order valence-corrected chi connectivity index (χ3v) is 9.90. The van der Waals surface area contributed by atoms with E-state index >= 15 is 0 Å². The second kappa shape index (κ2) is 12.4. The van der Waals surface area contributed by atoms with E-state index in [1.54, 1.807) is 11.2 Å². The molecule has 0 fully saturated rings. The van der Waals surface area contributed by atoms with Gasteiger partial charge in [-0.05, 0) is 87.8 Å². The van der Waals surface area contributed by atoms with Crippen molar-refractivity contribution < 1.29 is 23.5 Å². The van der Waals surface area contributed by atoms with Crippen LogP contribution in [0.15, 0.2) is 124 Å². The summed E-state index contributed by atoms with van der Waals surface area (Å²) in [5, 5.41) is 14.7. The minimum Gasteiger partial charge on any atom is -0.466 e. The van der Waals surface area contributed by atoms with E-state index in [2.05, 4.69) is 60.0 Å². The van der Waals surface area contributed by atoms with Crippen molar-refractivity contribution in [2.75, 3.05) is 14.2 Å². The average Bonchev–Trinajstić information content (AvgIpc) is 3.86. The van der Waals surface area contributed by atoms with Crippen molar-refractivity contribution in [1.29, 1.82) is 0 Å². The molecule has 0 N–H and O–H groups in total. The number of allylic oxidation sites excluding steroid dienone is 1. The van der Waals surface area contributed by atoms with Gasteiger partial charge < -0.3 is 13.9 Å². The summed E-state index contributed by atoms with van der Waals surface area (Å²) in [6.07, 6.45) is 5.36. The first-order valence-corrected chi connectivity index (χ1v) is 16.9. The van der Waals surface area contributed by atoms with Crippen molar-refractivity contribution in [3.05, 3.63) is 142 Å². The molecule has 2 aliphatic heterocycles. The first-order valence-electron chi connectivity index (χ1n) is 16.9. The molecule has 4 aromatic carbocycles. The van der Waals surface area contributed by atoms with E-state index < -0.39 is 23.4 Å². The normalized spacial score (nSPS) is 18.1. The van der Waals surface area contributed by atoms with Gasteiger partial charge in [-0.2, -0.15) is 5.10 Å². The maximum Gasteiger partial charge on any atom is 0.356 e. The van der Waals surface area contributed by atoms with E-state index in [-0.39, 0.29) is 16.7 Å². The lowest BCUT2D eigenvalue weighted by atomic mass is 9.68. The van der Waals surface area contributed by atoms with Gasteiger partial charge in [0.05, 0.1) is 31.2 Å². The Morgan fingerprint density at radius 1 is 0.769 bits per heavy atom. The fourth-order valence-corrected chi connectivity index (χ4v) is 7.43. The summed E-state index contributed by atoms with van der Waals surface area (Å²) >= 11 is 0. The molecule has 0 radical (unpaired) electrons. The molecule has 0 saturated heterocycles. The Hall–Kier alpha value is -6.53. The van der Waals surface area contributed by atoms with Gasteiger partial charge in [0.25, 0.3) is 0 Å². The van der Waals surface area contributed by atoms with Gasteiger partial charge >= 0.3 is 11.9 Å². The van der Waals surface area contributed by atoms with Crippen molar-refractivity contribution in [2.24, 2.45) is 5.10 Å². The summed E-state index contributed by atoms with van der Waals surface area (Å²) in [5.74, 6) is 6.16. The number of fused-ring (bicyclic) bond motifs is 7. The number of hydrazone groups is 1. The molecule has 3 heterocycles. The van der Waals surface area contributed by atoms with Crippen LogP contribution in [0.3, 0.4) is 0 Å². The Morgan fingerprint density at radius 2 is 1.38 bits per heavy atom. The minimum absolute atomic E-state index is 0.0472. The van der Waals surface area contributed by atoms with Gasteiger partial charge in [0.2, 0.25) is 11.8 Å². The molecule has 3 aliphatic rings. The van der Waals surface area contributed by atoms with Crippen molar-refractivity contribution in [3.8, 4) is 45.9 Å². The molecule has 2 atom stereocenters. The number of benzene rings is 4. The van der Waals surface area contributed by atoms with Crippen molar-refractivity contribution in [1.82, 2.24) is 15.2 Å². The van der Waals surface area contributed by atoms with Crippen LogP contribution in [0.5, 0.6) is 0 Å². The Kier molecular flexibility index (Phi) is 7.76. The van der Waals surface area contributed by atoms with Gasteiger partial charge in [-0.1, -0.05) is 81.2 Å². The quantitative estimate of drug-likeness (QED) is 0.144. The Morgan fingerprint density at radius 3 is 2.06 bits per heavy atom. The molecule has 1 aromatic heterocycles. The summed E-state index contributed by atoms with van der Waals surface area (Å²) in [6, 6.07) is 29.2.